The Bertz CT molecular complexity index is 786. The van der Waals surface area contributed by atoms with Crippen molar-refractivity contribution in [3.8, 4) is 0 Å². The molecule has 0 radical (unpaired) electrons. The molecule has 4 N–H and O–H groups in total. The van der Waals surface area contributed by atoms with E-state index in [1.165, 1.54) is 4.57 Å². The summed E-state index contributed by atoms with van der Waals surface area (Å²) in [5, 5.41) is 20.0. The number of hydrogen-bond acceptors (Lipinski definition) is 7. The van der Waals surface area contributed by atoms with Crippen LogP contribution in [0.2, 0.25) is 0 Å². The molecule has 20 heavy (non-hydrogen) atoms. The second kappa shape index (κ2) is 3.79. The van der Waals surface area contributed by atoms with Crippen LogP contribution in [0.25, 0.3) is 11.2 Å². The second-order valence-electron chi connectivity index (χ2n) is 4.86. The first-order chi connectivity index (χ1) is 9.49. The van der Waals surface area contributed by atoms with Crippen LogP contribution in [-0.4, -0.2) is 47.6 Å². The molecule has 2 aromatic heterocycles. The molecule has 0 amide bonds. The van der Waals surface area contributed by atoms with Gasteiger partial charge in [-0.25, -0.2) is 14.3 Å². The van der Waals surface area contributed by atoms with Crippen LogP contribution < -0.4 is 11.4 Å². The first-order valence-corrected chi connectivity index (χ1v) is 6.73. The molecular formula is C10H10BrN5O4. The number of aliphatic hydroxyl groups is 2. The largest absolute Gasteiger partial charge is 0.387 e. The Morgan fingerprint density at radius 2 is 2.10 bits per heavy atom. The molecule has 4 rings (SSSR count). The van der Waals surface area contributed by atoms with Crippen LogP contribution in [0.4, 0.5) is 5.82 Å². The second-order valence-corrected chi connectivity index (χ2v) is 5.57. The van der Waals surface area contributed by atoms with Crippen LogP contribution in [0.5, 0.6) is 0 Å². The Morgan fingerprint density at radius 3 is 2.85 bits per heavy atom. The van der Waals surface area contributed by atoms with Crippen molar-refractivity contribution in [1.82, 2.24) is 19.1 Å². The highest BCUT2D eigenvalue weighted by Gasteiger charge is 2.47. The number of imidazole rings is 1. The smallest absolute Gasteiger partial charge is 0.353 e. The predicted octanol–water partition coefficient (Wildman–Crippen LogP) is -1.43. The highest BCUT2D eigenvalue weighted by atomic mass is 79.9. The number of nitrogen functional groups attached to an aromatic ring is 1. The Morgan fingerprint density at radius 1 is 1.35 bits per heavy atom. The number of nitrogens with zero attached hydrogens (tertiary/aromatic N) is 4. The van der Waals surface area contributed by atoms with Crippen molar-refractivity contribution in [2.75, 3.05) is 5.73 Å². The predicted molar refractivity (Wildman–Crippen MR) is 69.8 cm³/mol. The molecule has 1 fully saturated rings. The summed E-state index contributed by atoms with van der Waals surface area (Å²) in [6.45, 7) is 0.245. The van der Waals surface area contributed by atoms with Crippen LogP contribution >= 0.6 is 15.9 Å². The summed E-state index contributed by atoms with van der Waals surface area (Å²) in [4.78, 5) is 20.0. The van der Waals surface area contributed by atoms with Gasteiger partial charge in [0.25, 0.3) is 0 Å². The molecule has 0 saturated carbocycles. The van der Waals surface area contributed by atoms with Gasteiger partial charge in [-0.1, -0.05) is 0 Å². The monoisotopic (exact) mass is 343 g/mol. The molecule has 2 bridgehead atoms. The summed E-state index contributed by atoms with van der Waals surface area (Å²) in [5.41, 5.74) is 5.85. The fourth-order valence-electron chi connectivity index (χ4n) is 2.80. The van der Waals surface area contributed by atoms with Gasteiger partial charge in [0.1, 0.15) is 23.8 Å². The van der Waals surface area contributed by atoms with E-state index in [0.717, 1.165) is 0 Å². The SMILES string of the molecule is Nc1nc(=O)n2c3c1nc(Br)n3C[C@H]1O[C@@H]2[C@H](O)[C@@H]1O. The van der Waals surface area contributed by atoms with Crippen molar-refractivity contribution in [2.45, 2.75) is 31.1 Å². The van der Waals surface area contributed by atoms with Crippen molar-refractivity contribution in [1.29, 1.82) is 0 Å². The summed E-state index contributed by atoms with van der Waals surface area (Å²) in [7, 11) is 0. The number of ether oxygens (including phenoxy) is 1. The highest BCUT2D eigenvalue weighted by molar-refractivity contribution is 9.10. The molecule has 4 heterocycles. The average molecular weight is 344 g/mol. The van der Waals surface area contributed by atoms with Crippen molar-refractivity contribution in [3.63, 3.8) is 0 Å². The van der Waals surface area contributed by atoms with E-state index in [1.54, 1.807) is 4.57 Å². The van der Waals surface area contributed by atoms with Crippen LogP contribution in [-0.2, 0) is 11.3 Å². The Hall–Kier alpha value is -1.49. The number of rotatable bonds is 0. The summed E-state index contributed by atoms with van der Waals surface area (Å²) < 4.78 is 8.88. The quantitative estimate of drug-likeness (QED) is 0.500. The van der Waals surface area contributed by atoms with Crippen LogP contribution in [0, 0.1) is 0 Å². The van der Waals surface area contributed by atoms with E-state index in [1.807, 2.05) is 0 Å². The van der Waals surface area contributed by atoms with Gasteiger partial charge in [-0.2, -0.15) is 4.98 Å². The lowest BCUT2D eigenvalue weighted by Crippen LogP contribution is -2.39. The summed E-state index contributed by atoms with van der Waals surface area (Å²) >= 11 is 3.29. The molecule has 1 saturated heterocycles. The average Bonchev–Trinajstić information content (AvgIpc) is 2.78. The summed E-state index contributed by atoms with van der Waals surface area (Å²) in [6, 6.07) is 0. The summed E-state index contributed by atoms with van der Waals surface area (Å²) in [6.07, 6.45) is -3.91. The lowest BCUT2D eigenvalue weighted by atomic mass is 10.1. The van der Waals surface area contributed by atoms with E-state index >= 15 is 0 Å². The fraction of sp³-hybridized carbons (Fsp3) is 0.500. The van der Waals surface area contributed by atoms with Gasteiger partial charge in [0.05, 0.1) is 6.54 Å². The van der Waals surface area contributed by atoms with Crippen LogP contribution in [0.15, 0.2) is 9.53 Å². The zero-order valence-corrected chi connectivity index (χ0v) is 11.6. The van der Waals surface area contributed by atoms with Gasteiger partial charge in [-0.3, -0.25) is 0 Å². The molecule has 10 heteroatoms. The maximum atomic E-state index is 12.1. The Balaban J connectivity index is 2.15. The Kier molecular flexibility index (Phi) is 2.32. The number of fused-ring (bicyclic) bond motifs is 3. The number of halogens is 1. The summed E-state index contributed by atoms with van der Waals surface area (Å²) in [5.74, 6) is 0.0218. The van der Waals surface area contributed by atoms with Gasteiger partial charge in [0, 0.05) is 0 Å². The van der Waals surface area contributed by atoms with E-state index in [2.05, 4.69) is 25.9 Å². The molecule has 0 aromatic carbocycles. The molecular weight excluding hydrogens is 334 g/mol. The Labute approximate surface area is 119 Å². The van der Waals surface area contributed by atoms with E-state index < -0.39 is 30.2 Å². The molecule has 9 nitrogen and oxygen atoms in total. The standard InChI is InChI=1S/C10H10BrN5O4/c11-9-13-3-6(12)14-10(19)16-7(3)15(9)1-2-4(17)5(18)8(16)20-2/h2,4-5,8,17-18H,1H2,(H2,12,14,19)/t2-,4-,5-,8-/m1/s1. The van der Waals surface area contributed by atoms with Crippen molar-refractivity contribution in [3.05, 3.63) is 15.2 Å². The minimum Gasteiger partial charge on any atom is -0.387 e. The van der Waals surface area contributed by atoms with Gasteiger partial charge >= 0.3 is 5.69 Å². The lowest BCUT2D eigenvalue weighted by molar-refractivity contribution is -0.0353. The molecule has 4 atom stereocenters. The fourth-order valence-corrected chi connectivity index (χ4v) is 3.29. The normalized spacial score (nSPS) is 31.8. The van der Waals surface area contributed by atoms with E-state index in [9.17, 15) is 15.0 Å². The van der Waals surface area contributed by atoms with Gasteiger partial charge < -0.3 is 25.3 Å². The van der Waals surface area contributed by atoms with E-state index in [0.29, 0.717) is 15.9 Å². The first-order valence-electron chi connectivity index (χ1n) is 5.94. The van der Waals surface area contributed by atoms with E-state index in [4.69, 9.17) is 10.5 Å². The number of hydrogen-bond donors (Lipinski definition) is 3. The number of aliphatic hydroxyl groups excluding tert-OH is 2. The van der Waals surface area contributed by atoms with Crippen molar-refractivity contribution in [2.24, 2.45) is 0 Å². The number of aromatic nitrogens is 4. The first kappa shape index (κ1) is 12.3. The minimum atomic E-state index is -1.20. The van der Waals surface area contributed by atoms with Crippen LogP contribution in [0.3, 0.4) is 0 Å². The van der Waals surface area contributed by atoms with Gasteiger partial charge in [-0.15, -0.1) is 0 Å². The van der Waals surface area contributed by atoms with Crippen molar-refractivity contribution < 1.29 is 14.9 Å². The lowest BCUT2D eigenvalue weighted by Gasteiger charge is -2.20. The zero-order valence-electron chi connectivity index (χ0n) is 9.97. The number of anilines is 1. The third kappa shape index (κ3) is 1.34. The molecule has 2 aromatic rings. The molecule has 0 aliphatic carbocycles. The maximum Gasteiger partial charge on any atom is 0.353 e. The van der Waals surface area contributed by atoms with Gasteiger partial charge in [0.2, 0.25) is 0 Å². The van der Waals surface area contributed by atoms with Crippen molar-refractivity contribution >= 4 is 32.9 Å². The van der Waals surface area contributed by atoms with Gasteiger partial charge in [-0.05, 0) is 15.9 Å². The molecule has 2 aliphatic heterocycles. The molecule has 106 valence electrons. The van der Waals surface area contributed by atoms with E-state index in [-0.39, 0.29) is 12.4 Å². The molecule has 0 unspecified atom stereocenters. The molecule has 2 aliphatic rings. The molecule has 0 spiro atoms. The third-order valence-electron chi connectivity index (χ3n) is 3.74. The topological polar surface area (TPSA) is 128 Å². The van der Waals surface area contributed by atoms with Crippen LogP contribution in [0.1, 0.15) is 6.23 Å². The minimum absolute atomic E-state index is 0.0218. The third-order valence-corrected chi connectivity index (χ3v) is 4.35. The zero-order chi connectivity index (χ0) is 14.2. The number of nitrogens with two attached hydrogens (primary N) is 1. The van der Waals surface area contributed by atoms with Gasteiger partial charge in [0.15, 0.2) is 22.4 Å². The highest BCUT2D eigenvalue weighted by Crippen LogP contribution is 2.36. The maximum absolute atomic E-state index is 12.1.